The molecule has 0 spiro atoms. The van der Waals surface area contributed by atoms with Gasteiger partial charge >= 0.3 is 0 Å². The van der Waals surface area contributed by atoms with Gasteiger partial charge in [0.2, 0.25) is 5.96 Å². The van der Waals surface area contributed by atoms with Gasteiger partial charge in [0.25, 0.3) is 0 Å². The Bertz CT molecular complexity index is 316. The van der Waals surface area contributed by atoms with E-state index in [4.69, 9.17) is 5.73 Å². The first-order valence-electron chi connectivity index (χ1n) is 3.22. The van der Waals surface area contributed by atoms with E-state index in [1.54, 1.807) is 6.21 Å². The van der Waals surface area contributed by atoms with Gasteiger partial charge in [0.15, 0.2) is 5.66 Å². The van der Waals surface area contributed by atoms with Crippen molar-refractivity contribution in [3.8, 4) is 0 Å². The topological polar surface area (TPSA) is 75.5 Å². The minimum Gasteiger partial charge on any atom is -0.368 e. The summed E-state index contributed by atoms with van der Waals surface area (Å²) in [4.78, 5) is 15.9. The zero-order valence-corrected chi connectivity index (χ0v) is 7.25. The Balaban J connectivity index is 0.000000720. The van der Waals surface area contributed by atoms with E-state index < -0.39 is 5.66 Å². The molecule has 1 unspecified atom stereocenters. The summed E-state index contributed by atoms with van der Waals surface area (Å²) in [7, 11) is 0. The highest BCUT2D eigenvalue weighted by molar-refractivity contribution is 6.39. The average molecular weight is 186 g/mol. The molecule has 0 bridgehead atoms. The minimum atomic E-state index is -0.605. The maximum atomic E-state index is 5.40. The zero-order valence-electron chi connectivity index (χ0n) is 6.43. The van der Waals surface area contributed by atoms with E-state index in [1.165, 1.54) is 6.34 Å². The SMILES string of the molecule is CC12N=CN=C1C=NC(N)=N2.Cl. The van der Waals surface area contributed by atoms with Crippen LogP contribution >= 0.6 is 12.4 Å². The molecular weight excluding hydrogens is 178 g/mol. The number of rotatable bonds is 0. The smallest absolute Gasteiger partial charge is 0.218 e. The number of hydrogen-bond donors (Lipinski definition) is 1. The summed E-state index contributed by atoms with van der Waals surface area (Å²) in [6.45, 7) is 1.84. The highest BCUT2D eigenvalue weighted by Crippen LogP contribution is 2.19. The number of hydrogen-bond acceptors (Lipinski definition) is 5. The number of nitrogens with zero attached hydrogens (tertiary/aromatic N) is 4. The van der Waals surface area contributed by atoms with Gasteiger partial charge in [0.1, 0.15) is 12.1 Å². The summed E-state index contributed by atoms with van der Waals surface area (Å²) in [5.74, 6) is 0.255. The molecule has 0 saturated carbocycles. The highest BCUT2D eigenvalue weighted by Gasteiger charge is 2.33. The van der Waals surface area contributed by atoms with Crippen LogP contribution in [0.5, 0.6) is 0 Å². The van der Waals surface area contributed by atoms with E-state index in [9.17, 15) is 0 Å². The number of fused-ring (bicyclic) bond motifs is 1. The van der Waals surface area contributed by atoms with E-state index in [-0.39, 0.29) is 18.4 Å². The van der Waals surface area contributed by atoms with Crippen molar-refractivity contribution in [1.82, 2.24) is 0 Å². The van der Waals surface area contributed by atoms with Crippen LogP contribution in [0.25, 0.3) is 0 Å². The molecule has 0 aromatic heterocycles. The van der Waals surface area contributed by atoms with Crippen LogP contribution in [0.4, 0.5) is 0 Å². The van der Waals surface area contributed by atoms with Crippen molar-refractivity contribution in [2.24, 2.45) is 25.7 Å². The summed E-state index contributed by atoms with van der Waals surface area (Å²) in [6, 6.07) is 0. The Morgan fingerprint density at radius 2 is 2.25 bits per heavy atom. The molecule has 2 heterocycles. The van der Waals surface area contributed by atoms with Crippen molar-refractivity contribution >= 4 is 36.6 Å². The predicted molar refractivity (Wildman–Crippen MR) is 51.7 cm³/mol. The van der Waals surface area contributed by atoms with E-state index in [0.717, 1.165) is 5.71 Å². The third-order valence-corrected chi connectivity index (χ3v) is 1.64. The lowest BCUT2D eigenvalue weighted by atomic mass is 10.1. The molecule has 1 atom stereocenters. The van der Waals surface area contributed by atoms with Crippen LogP contribution in [-0.4, -0.2) is 29.9 Å². The Morgan fingerprint density at radius 3 is 3.00 bits per heavy atom. The largest absolute Gasteiger partial charge is 0.368 e. The molecule has 0 amide bonds. The number of aliphatic imine (C=N–C) groups is 4. The van der Waals surface area contributed by atoms with E-state index >= 15 is 0 Å². The molecule has 6 heteroatoms. The molecule has 2 aliphatic heterocycles. The summed E-state index contributed by atoms with van der Waals surface area (Å²) in [6.07, 6.45) is 3.07. The fraction of sp³-hybridized carbons (Fsp3) is 0.333. The van der Waals surface area contributed by atoms with Crippen molar-refractivity contribution in [1.29, 1.82) is 0 Å². The monoisotopic (exact) mass is 185 g/mol. The third kappa shape index (κ3) is 1.12. The quantitative estimate of drug-likeness (QED) is 0.567. The number of nitrogens with two attached hydrogens (primary N) is 1. The van der Waals surface area contributed by atoms with E-state index in [0.29, 0.717) is 0 Å². The van der Waals surface area contributed by atoms with Gasteiger partial charge in [-0.05, 0) is 6.92 Å². The second kappa shape index (κ2) is 2.67. The van der Waals surface area contributed by atoms with Gasteiger partial charge in [0, 0.05) is 0 Å². The van der Waals surface area contributed by atoms with Gasteiger partial charge < -0.3 is 5.73 Å². The van der Waals surface area contributed by atoms with Crippen molar-refractivity contribution in [2.45, 2.75) is 12.6 Å². The van der Waals surface area contributed by atoms with Crippen LogP contribution in [-0.2, 0) is 0 Å². The molecular formula is C6H8ClN5. The standard InChI is InChI=1S/C6H7N5.ClH/c1-6-4(9-3-10-6)2-8-5(7)11-6;/h2-3H,1H3,(H2,7,11);1H. The molecule has 0 aliphatic carbocycles. The normalized spacial score (nSPS) is 30.4. The maximum Gasteiger partial charge on any atom is 0.218 e. The fourth-order valence-electron chi connectivity index (χ4n) is 1.01. The third-order valence-electron chi connectivity index (χ3n) is 1.64. The van der Waals surface area contributed by atoms with Gasteiger partial charge in [-0.1, -0.05) is 0 Å². The Hall–Kier alpha value is -1.23. The van der Waals surface area contributed by atoms with E-state index in [2.05, 4.69) is 20.0 Å². The molecule has 0 fully saturated rings. The van der Waals surface area contributed by atoms with E-state index in [1.807, 2.05) is 6.92 Å². The molecule has 0 saturated heterocycles. The summed E-state index contributed by atoms with van der Waals surface area (Å²) in [5.41, 5.74) is 5.54. The number of halogens is 1. The van der Waals surface area contributed by atoms with Gasteiger partial charge in [-0.2, -0.15) is 0 Å². The predicted octanol–water partition coefficient (Wildman–Crippen LogP) is 0.00640. The lowest BCUT2D eigenvalue weighted by molar-refractivity contribution is 0.683. The first-order chi connectivity index (χ1) is 5.21. The van der Waals surface area contributed by atoms with Crippen molar-refractivity contribution < 1.29 is 0 Å². The van der Waals surface area contributed by atoms with Crippen molar-refractivity contribution in [3.05, 3.63) is 0 Å². The summed E-state index contributed by atoms with van der Waals surface area (Å²) >= 11 is 0. The van der Waals surface area contributed by atoms with Crippen LogP contribution in [0, 0.1) is 0 Å². The van der Waals surface area contributed by atoms with Crippen LogP contribution in [0.3, 0.4) is 0 Å². The molecule has 0 aromatic rings. The van der Waals surface area contributed by atoms with Gasteiger partial charge in [0.05, 0.1) is 6.21 Å². The lowest BCUT2D eigenvalue weighted by Crippen LogP contribution is -2.35. The van der Waals surface area contributed by atoms with Gasteiger partial charge in [-0.15, -0.1) is 12.4 Å². The van der Waals surface area contributed by atoms with Crippen molar-refractivity contribution in [3.63, 3.8) is 0 Å². The second-order valence-electron chi connectivity index (χ2n) is 2.51. The Morgan fingerprint density at radius 1 is 1.50 bits per heavy atom. The molecule has 0 radical (unpaired) electrons. The van der Waals surface area contributed by atoms with Crippen molar-refractivity contribution in [2.75, 3.05) is 0 Å². The molecule has 12 heavy (non-hydrogen) atoms. The Labute approximate surface area is 75.6 Å². The van der Waals surface area contributed by atoms with Crippen LogP contribution in [0.1, 0.15) is 6.92 Å². The number of guanidine groups is 1. The average Bonchev–Trinajstić information content (AvgIpc) is 2.28. The zero-order chi connectivity index (χ0) is 7.90. The molecule has 5 nitrogen and oxygen atoms in total. The first kappa shape index (κ1) is 8.86. The second-order valence-corrected chi connectivity index (χ2v) is 2.51. The van der Waals surface area contributed by atoms with Gasteiger partial charge in [-0.3, -0.25) is 0 Å². The van der Waals surface area contributed by atoms with Crippen LogP contribution in [0.2, 0.25) is 0 Å². The highest BCUT2D eigenvalue weighted by atomic mass is 35.5. The molecule has 2 N–H and O–H groups in total. The lowest BCUT2D eigenvalue weighted by Gasteiger charge is -2.18. The first-order valence-corrected chi connectivity index (χ1v) is 3.22. The molecule has 2 rings (SSSR count). The van der Waals surface area contributed by atoms with Gasteiger partial charge in [-0.25, -0.2) is 20.0 Å². The molecule has 0 aromatic carbocycles. The minimum absolute atomic E-state index is 0. The maximum absolute atomic E-state index is 5.40. The summed E-state index contributed by atoms with van der Waals surface area (Å²) in [5, 5.41) is 0. The van der Waals surface area contributed by atoms with Crippen LogP contribution < -0.4 is 5.73 Å². The van der Waals surface area contributed by atoms with Crippen LogP contribution in [0.15, 0.2) is 20.0 Å². The molecule has 2 aliphatic rings. The summed E-state index contributed by atoms with van der Waals surface area (Å²) < 4.78 is 0. The molecule has 64 valence electrons. The fourth-order valence-corrected chi connectivity index (χ4v) is 1.01. The Kier molecular flexibility index (Phi) is 1.97.